The van der Waals surface area contributed by atoms with Crippen molar-refractivity contribution in [3.63, 3.8) is 0 Å². The lowest BCUT2D eigenvalue weighted by atomic mass is 9.41. The van der Waals surface area contributed by atoms with Crippen LogP contribution in [0.25, 0.3) is 11.4 Å². The van der Waals surface area contributed by atoms with Gasteiger partial charge in [-0.25, -0.2) is 14.4 Å². The Kier molecular flexibility index (Phi) is 5.43. The predicted octanol–water partition coefficient (Wildman–Crippen LogP) is 6.65. The SMILES string of the molecule is Cc1cnc(-c2cccc(N(CC34CCC(c5nc(C(C)(C)C)no5)(CC3)CC4)C(=O)C34CC(F)(C3)C4)c2)nc1. The normalized spacial score (nSPS) is 32.3. The Bertz CT molecular complexity index is 1430. The van der Waals surface area contributed by atoms with Crippen molar-refractivity contribution in [2.45, 2.75) is 102 Å². The summed E-state index contributed by atoms with van der Waals surface area (Å²) in [4.78, 5) is 30.0. The molecule has 0 unspecified atom stereocenters. The minimum Gasteiger partial charge on any atom is -0.339 e. The van der Waals surface area contributed by atoms with Crippen molar-refractivity contribution in [3.8, 4) is 11.4 Å². The molecule has 0 atom stereocenters. The van der Waals surface area contributed by atoms with Gasteiger partial charge in [-0.05, 0) is 87.8 Å². The molecule has 6 aliphatic carbocycles. The van der Waals surface area contributed by atoms with Crippen LogP contribution in [0.5, 0.6) is 0 Å². The monoisotopic (exact) mass is 543 g/mol. The zero-order chi connectivity index (χ0) is 28.0. The van der Waals surface area contributed by atoms with Crippen LogP contribution >= 0.6 is 0 Å². The van der Waals surface area contributed by atoms with E-state index in [1.165, 1.54) is 0 Å². The number of carbonyl (C=O) groups excluding carboxylic acids is 1. The van der Waals surface area contributed by atoms with Crippen LogP contribution in [0.15, 0.2) is 41.2 Å². The van der Waals surface area contributed by atoms with Crippen molar-refractivity contribution in [2.24, 2.45) is 10.8 Å². The van der Waals surface area contributed by atoms with Crippen LogP contribution in [0.4, 0.5) is 10.1 Å². The second-order valence-corrected chi connectivity index (χ2v) is 14.4. The van der Waals surface area contributed by atoms with Gasteiger partial charge in [0, 0.05) is 41.0 Å². The summed E-state index contributed by atoms with van der Waals surface area (Å²) in [6.07, 6.45) is 10.7. The molecule has 1 aromatic carbocycles. The number of nitrogens with zero attached hydrogens (tertiary/aromatic N) is 5. The topological polar surface area (TPSA) is 85.0 Å². The van der Waals surface area contributed by atoms with Crippen molar-refractivity contribution >= 4 is 11.6 Å². The highest BCUT2D eigenvalue weighted by atomic mass is 19.1. The predicted molar refractivity (Wildman–Crippen MR) is 149 cm³/mol. The number of anilines is 1. The molecule has 40 heavy (non-hydrogen) atoms. The minimum atomic E-state index is -1.12. The first-order valence-corrected chi connectivity index (χ1v) is 14.7. The fourth-order valence-electron chi connectivity index (χ4n) is 7.71. The number of hydrogen-bond acceptors (Lipinski definition) is 6. The van der Waals surface area contributed by atoms with Gasteiger partial charge in [-0.15, -0.1) is 0 Å². The summed E-state index contributed by atoms with van der Waals surface area (Å²) in [5, 5.41) is 4.31. The minimum absolute atomic E-state index is 0.0254. The van der Waals surface area contributed by atoms with E-state index < -0.39 is 11.1 Å². The summed E-state index contributed by atoms with van der Waals surface area (Å²) in [6.45, 7) is 8.93. The van der Waals surface area contributed by atoms with Gasteiger partial charge in [0.05, 0.1) is 5.41 Å². The van der Waals surface area contributed by atoms with Crippen LogP contribution < -0.4 is 4.90 Å². The average molecular weight is 544 g/mol. The summed E-state index contributed by atoms with van der Waals surface area (Å²) in [6, 6.07) is 7.99. The zero-order valence-electron chi connectivity index (χ0n) is 24.0. The Hall–Kier alpha value is -3.16. The first kappa shape index (κ1) is 25.8. The van der Waals surface area contributed by atoms with Crippen LogP contribution in [0.2, 0.25) is 0 Å². The smallest absolute Gasteiger partial charge is 0.233 e. The maximum absolute atomic E-state index is 14.5. The van der Waals surface area contributed by atoms with E-state index in [1.807, 2.05) is 48.5 Å². The first-order chi connectivity index (χ1) is 18.9. The molecule has 6 aliphatic rings. The highest BCUT2D eigenvalue weighted by molar-refractivity contribution is 6.00. The summed E-state index contributed by atoms with van der Waals surface area (Å²) in [7, 11) is 0. The fraction of sp³-hybridized carbons (Fsp3) is 0.594. The van der Waals surface area contributed by atoms with E-state index in [-0.39, 0.29) is 22.2 Å². The third kappa shape index (κ3) is 4.00. The number of halogens is 1. The Morgan fingerprint density at radius 2 is 1.68 bits per heavy atom. The standard InChI is InChI=1S/C32H38FN5O2/c1-21-15-34-24(35-16-21)22-6-5-7-23(14-22)38(27(39)31-17-32(33,18-31)19-31)20-29-8-11-30(12-9-29,13-10-29)26-36-25(37-40-26)28(2,3)4/h5-7,14-16H,8-13,17-20H2,1-4H3. The van der Waals surface area contributed by atoms with Crippen LogP contribution in [-0.2, 0) is 15.6 Å². The second kappa shape index (κ2) is 8.43. The van der Waals surface area contributed by atoms with Crippen LogP contribution in [0.1, 0.15) is 95.8 Å². The molecular weight excluding hydrogens is 505 g/mol. The number of carbonyl (C=O) groups is 1. The van der Waals surface area contributed by atoms with Crippen molar-refractivity contribution in [1.29, 1.82) is 0 Å². The van der Waals surface area contributed by atoms with Gasteiger partial charge in [-0.2, -0.15) is 4.98 Å². The lowest BCUT2D eigenvalue weighted by Gasteiger charge is -2.65. The zero-order valence-corrected chi connectivity index (χ0v) is 24.0. The molecule has 2 heterocycles. The van der Waals surface area contributed by atoms with Crippen molar-refractivity contribution in [1.82, 2.24) is 20.1 Å². The lowest BCUT2D eigenvalue weighted by Crippen LogP contribution is -2.71. The van der Waals surface area contributed by atoms with Crippen LogP contribution in [0.3, 0.4) is 0 Å². The molecule has 7 nitrogen and oxygen atoms in total. The van der Waals surface area contributed by atoms with Crippen LogP contribution in [0, 0.1) is 17.8 Å². The molecule has 0 N–H and O–H groups in total. The van der Waals surface area contributed by atoms with E-state index in [0.717, 1.165) is 67.1 Å². The van der Waals surface area contributed by atoms with Gasteiger partial charge in [0.2, 0.25) is 11.8 Å². The van der Waals surface area contributed by atoms with Crippen molar-refractivity contribution < 1.29 is 13.7 Å². The molecular formula is C32H38FN5O2. The molecule has 6 fully saturated rings. The Morgan fingerprint density at radius 1 is 1.02 bits per heavy atom. The number of rotatable bonds is 6. The van der Waals surface area contributed by atoms with Gasteiger partial charge >= 0.3 is 0 Å². The van der Waals surface area contributed by atoms with E-state index in [9.17, 15) is 9.18 Å². The quantitative estimate of drug-likeness (QED) is 0.346. The molecule has 2 aromatic heterocycles. The Labute approximate surface area is 235 Å². The molecule has 4 bridgehead atoms. The van der Waals surface area contributed by atoms with E-state index in [4.69, 9.17) is 9.51 Å². The van der Waals surface area contributed by atoms with E-state index in [2.05, 4.69) is 35.9 Å². The number of benzene rings is 1. The number of hydrogen-bond donors (Lipinski definition) is 0. The molecule has 0 saturated heterocycles. The maximum atomic E-state index is 14.5. The van der Waals surface area contributed by atoms with E-state index >= 15 is 0 Å². The number of amides is 1. The largest absolute Gasteiger partial charge is 0.339 e. The summed E-state index contributed by atoms with van der Waals surface area (Å²) >= 11 is 0. The molecule has 3 aromatic rings. The first-order valence-electron chi connectivity index (χ1n) is 14.7. The summed E-state index contributed by atoms with van der Waals surface area (Å²) in [5.74, 6) is 2.27. The molecule has 0 aliphatic heterocycles. The van der Waals surface area contributed by atoms with Crippen molar-refractivity contribution in [3.05, 3.63) is 53.9 Å². The second-order valence-electron chi connectivity index (χ2n) is 14.4. The number of aromatic nitrogens is 4. The van der Waals surface area contributed by atoms with Crippen molar-refractivity contribution in [2.75, 3.05) is 11.4 Å². The van der Waals surface area contributed by atoms with Gasteiger partial charge in [-0.3, -0.25) is 4.79 Å². The number of alkyl halides is 1. The average Bonchev–Trinajstić information content (AvgIpc) is 3.43. The summed E-state index contributed by atoms with van der Waals surface area (Å²) in [5.41, 5.74) is 0.883. The molecule has 8 heteroatoms. The third-order valence-corrected chi connectivity index (χ3v) is 10.3. The Balaban J connectivity index is 1.16. The molecule has 0 spiro atoms. The maximum Gasteiger partial charge on any atom is 0.233 e. The summed E-state index contributed by atoms with van der Waals surface area (Å²) < 4.78 is 20.4. The third-order valence-electron chi connectivity index (χ3n) is 10.3. The van der Waals surface area contributed by atoms with Gasteiger partial charge in [0.1, 0.15) is 5.67 Å². The van der Waals surface area contributed by atoms with Gasteiger partial charge in [-0.1, -0.05) is 38.1 Å². The fourth-order valence-corrected chi connectivity index (χ4v) is 7.71. The van der Waals surface area contributed by atoms with Gasteiger partial charge in [0.25, 0.3) is 0 Å². The number of aryl methyl sites for hydroxylation is 1. The molecule has 9 rings (SSSR count). The lowest BCUT2D eigenvalue weighted by molar-refractivity contribution is -0.211. The number of fused-ring (bicyclic) bond motifs is 3. The molecule has 210 valence electrons. The van der Waals surface area contributed by atoms with Gasteiger partial charge in [0.15, 0.2) is 11.6 Å². The van der Waals surface area contributed by atoms with E-state index in [1.54, 1.807) is 0 Å². The molecule has 0 radical (unpaired) electrons. The highest BCUT2D eigenvalue weighted by Crippen LogP contribution is 2.70. The molecule has 6 saturated carbocycles. The molecule has 1 amide bonds. The van der Waals surface area contributed by atoms with Gasteiger partial charge < -0.3 is 9.42 Å². The van der Waals surface area contributed by atoms with Crippen LogP contribution in [-0.4, -0.2) is 38.2 Å². The van der Waals surface area contributed by atoms with E-state index in [0.29, 0.717) is 31.6 Å². The highest BCUT2D eigenvalue weighted by Gasteiger charge is 2.73. The Morgan fingerprint density at radius 3 is 2.25 bits per heavy atom.